The molecule has 1 amide bonds. The zero-order valence-corrected chi connectivity index (χ0v) is 9.32. The average Bonchev–Trinajstić information content (AvgIpc) is 2.26. The molecule has 0 aliphatic carbocycles. The second-order valence-electron chi connectivity index (χ2n) is 3.25. The van der Waals surface area contributed by atoms with Crippen LogP contribution < -0.4 is 5.32 Å². The SMILES string of the molecule is CCN(C)C(=O)CNc1nccnc1C. The van der Waals surface area contributed by atoms with Gasteiger partial charge < -0.3 is 10.2 Å². The highest BCUT2D eigenvalue weighted by molar-refractivity contribution is 5.80. The summed E-state index contributed by atoms with van der Waals surface area (Å²) >= 11 is 0. The number of likely N-dealkylation sites (N-methyl/N-ethyl adjacent to an activating group) is 1. The van der Waals surface area contributed by atoms with Gasteiger partial charge in [0.25, 0.3) is 0 Å². The fraction of sp³-hybridized carbons (Fsp3) is 0.500. The summed E-state index contributed by atoms with van der Waals surface area (Å²) in [6.45, 7) is 4.75. The quantitative estimate of drug-likeness (QED) is 0.790. The number of nitrogens with zero attached hydrogens (tertiary/aromatic N) is 3. The summed E-state index contributed by atoms with van der Waals surface area (Å²) < 4.78 is 0. The van der Waals surface area contributed by atoms with E-state index in [-0.39, 0.29) is 12.5 Å². The lowest BCUT2D eigenvalue weighted by molar-refractivity contribution is -0.127. The van der Waals surface area contributed by atoms with Crippen molar-refractivity contribution in [1.29, 1.82) is 0 Å². The van der Waals surface area contributed by atoms with Gasteiger partial charge in [-0.25, -0.2) is 4.98 Å². The van der Waals surface area contributed by atoms with Gasteiger partial charge in [-0.15, -0.1) is 0 Å². The number of anilines is 1. The number of aromatic nitrogens is 2. The Labute approximate surface area is 89.5 Å². The molecular weight excluding hydrogens is 192 g/mol. The van der Waals surface area contributed by atoms with Crippen molar-refractivity contribution in [3.8, 4) is 0 Å². The number of hydrogen-bond acceptors (Lipinski definition) is 4. The Balaban J connectivity index is 2.51. The predicted molar refractivity (Wildman–Crippen MR) is 58.6 cm³/mol. The molecule has 0 radical (unpaired) electrons. The number of amides is 1. The molecule has 0 spiro atoms. The molecule has 0 unspecified atom stereocenters. The molecular formula is C10H16N4O. The van der Waals surface area contributed by atoms with Gasteiger partial charge in [0.15, 0.2) is 0 Å². The minimum atomic E-state index is 0.0440. The second kappa shape index (κ2) is 5.29. The van der Waals surface area contributed by atoms with Crippen molar-refractivity contribution < 1.29 is 4.79 Å². The molecule has 5 heteroatoms. The van der Waals surface area contributed by atoms with E-state index in [1.807, 2.05) is 13.8 Å². The highest BCUT2D eigenvalue weighted by Gasteiger charge is 2.07. The van der Waals surface area contributed by atoms with Crippen LogP contribution in [0.15, 0.2) is 12.4 Å². The monoisotopic (exact) mass is 208 g/mol. The van der Waals surface area contributed by atoms with Gasteiger partial charge in [-0.05, 0) is 13.8 Å². The van der Waals surface area contributed by atoms with Crippen molar-refractivity contribution in [3.05, 3.63) is 18.1 Å². The van der Waals surface area contributed by atoms with Crippen molar-refractivity contribution in [2.75, 3.05) is 25.5 Å². The number of hydrogen-bond donors (Lipinski definition) is 1. The molecule has 82 valence electrons. The van der Waals surface area contributed by atoms with Crippen LogP contribution in [0.1, 0.15) is 12.6 Å². The Kier molecular flexibility index (Phi) is 4.03. The largest absolute Gasteiger partial charge is 0.359 e. The highest BCUT2D eigenvalue weighted by Crippen LogP contribution is 2.04. The first-order valence-electron chi connectivity index (χ1n) is 4.90. The first kappa shape index (κ1) is 11.4. The van der Waals surface area contributed by atoms with Gasteiger partial charge in [0, 0.05) is 26.0 Å². The van der Waals surface area contributed by atoms with E-state index >= 15 is 0 Å². The fourth-order valence-corrected chi connectivity index (χ4v) is 1.05. The van der Waals surface area contributed by atoms with Crippen LogP contribution in [0.4, 0.5) is 5.82 Å². The van der Waals surface area contributed by atoms with Crippen LogP contribution in [0, 0.1) is 6.92 Å². The maximum atomic E-state index is 11.5. The van der Waals surface area contributed by atoms with E-state index < -0.39 is 0 Å². The summed E-state index contributed by atoms with van der Waals surface area (Å²) in [4.78, 5) is 21.3. The van der Waals surface area contributed by atoms with Crippen LogP contribution in [0.2, 0.25) is 0 Å². The van der Waals surface area contributed by atoms with Gasteiger partial charge in [0.2, 0.25) is 5.91 Å². The summed E-state index contributed by atoms with van der Waals surface area (Å²) in [7, 11) is 1.77. The summed E-state index contributed by atoms with van der Waals surface area (Å²) in [5, 5.41) is 2.96. The van der Waals surface area contributed by atoms with Crippen molar-refractivity contribution in [2.24, 2.45) is 0 Å². The number of carbonyl (C=O) groups excluding carboxylic acids is 1. The van der Waals surface area contributed by atoms with E-state index in [0.717, 1.165) is 5.69 Å². The summed E-state index contributed by atoms with van der Waals surface area (Å²) in [6.07, 6.45) is 3.23. The molecule has 1 aromatic heterocycles. The topological polar surface area (TPSA) is 58.1 Å². The van der Waals surface area contributed by atoms with Crippen molar-refractivity contribution in [2.45, 2.75) is 13.8 Å². The number of carbonyl (C=O) groups is 1. The van der Waals surface area contributed by atoms with Crippen LogP contribution in [0.5, 0.6) is 0 Å². The van der Waals surface area contributed by atoms with Crippen molar-refractivity contribution in [3.63, 3.8) is 0 Å². The van der Waals surface area contributed by atoms with Gasteiger partial charge in [-0.3, -0.25) is 9.78 Å². The lowest BCUT2D eigenvalue weighted by Crippen LogP contribution is -2.32. The molecule has 0 fully saturated rings. The first-order valence-corrected chi connectivity index (χ1v) is 4.90. The zero-order valence-electron chi connectivity index (χ0n) is 9.32. The van der Waals surface area contributed by atoms with E-state index in [0.29, 0.717) is 12.4 Å². The molecule has 0 atom stereocenters. The van der Waals surface area contributed by atoms with Crippen LogP contribution in [-0.4, -0.2) is 40.9 Å². The van der Waals surface area contributed by atoms with E-state index in [4.69, 9.17) is 0 Å². The van der Waals surface area contributed by atoms with Gasteiger partial charge in [0.1, 0.15) is 5.82 Å². The Hall–Kier alpha value is -1.65. The first-order chi connectivity index (χ1) is 7.15. The van der Waals surface area contributed by atoms with Crippen LogP contribution in [-0.2, 0) is 4.79 Å². The Morgan fingerprint density at radius 3 is 2.73 bits per heavy atom. The van der Waals surface area contributed by atoms with Crippen molar-refractivity contribution in [1.82, 2.24) is 14.9 Å². The highest BCUT2D eigenvalue weighted by atomic mass is 16.2. The van der Waals surface area contributed by atoms with Crippen molar-refractivity contribution >= 4 is 11.7 Å². The normalized spacial score (nSPS) is 9.80. The molecule has 0 bridgehead atoms. The molecule has 5 nitrogen and oxygen atoms in total. The lowest BCUT2D eigenvalue weighted by atomic mass is 10.4. The molecule has 0 saturated carbocycles. The fourth-order valence-electron chi connectivity index (χ4n) is 1.05. The molecule has 1 heterocycles. The molecule has 1 rings (SSSR count). The summed E-state index contributed by atoms with van der Waals surface area (Å²) in [5.41, 5.74) is 0.796. The molecule has 15 heavy (non-hydrogen) atoms. The van der Waals surface area contributed by atoms with E-state index in [9.17, 15) is 4.79 Å². The van der Waals surface area contributed by atoms with Crippen LogP contribution in [0.3, 0.4) is 0 Å². The summed E-state index contributed by atoms with van der Waals surface area (Å²) in [6, 6.07) is 0. The zero-order chi connectivity index (χ0) is 11.3. The molecule has 0 aliphatic heterocycles. The van der Waals surface area contributed by atoms with Gasteiger partial charge in [-0.1, -0.05) is 0 Å². The number of rotatable bonds is 4. The van der Waals surface area contributed by atoms with Crippen LogP contribution in [0.25, 0.3) is 0 Å². The van der Waals surface area contributed by atoms with Gasteiger partial charge in [-0.2, -0.15) is 0 Å². The third kappa shape index (κ3) is 3.19. The predicted octanol–water partition coefficient (Wildman–Crippen LogP) is 0.675. The molecule has 1 N–H and O–H groups in total. The van der Waals surface area contributed by atoms with E-state index in [2.05, 4.69) is 15.3 Å². The van der Waals surface area contributed by atoms with E-state index in [1.165, 1.54) is 0 Å². The minimum absolute atomic E-state index is 0.0440. The Morgan fingerprint density at radius 1 is 1.47 bits per heavy atom. The van der Waals surface area contributed by atoms with Gasteiger partial charge in [0.05, 0.1) is 12.2 Å². The van der Waals surface area contributed by atoms with Gasteiger partial charge >= 0.3 is 0 Å². The standard InChI is InChI=1S/C10H16N4O/c1-4-14(3)9(15)7-13-10-8(2)11-5-6-12-10/h5-6H,4,7H2,1-3H3,(H,12,13). The lowest BCUT2D eigenvalue weighted by Gasteiger charge is -2.15. The smallest absolute Gasteiger partial charge is 0.241 e. The second-order valence-corrected chi connectivity index (χ2v) is 3.25. The molecule has 0 aromatic carbocycles. The molecule has 0 aliphatic rings. The molecule has 1 aromatic rings. The Bertz CT molecular complexity index is 340. The average molecular weight is 208 g/mol. The minimum Gasteiger partial charge on any atom is -0.359 e. The van der Waals surface area contributed by atoms with E-state index in [1.54, 1.807) is 24.3 Å². The number of nitrogens with one attached hydrogen (secondary N) is 1. The summed E-state index contributed by atoms with van der Waals surface area (Å²) in [5.74, 6) is 0.706. The maximum Gasteiger partial charge on any atom is 0.241 e. The third-order valence-electron chi connectivity index (χ3n) is 2.19. The van der Waals surface area contributed by atoms with Crippen LogP contribution >= 0.6 is 0 Å². The third-order valence-corrected chi connectivity index (χ3v) is 2.19. The molecule has 0 saturated heterocycles. The maximum absolute atomic E-state index is 11.5. The Morgan fingerprint density at radius 2 is 2.13 bits per heavy atom. The number of aryl methyl sites for hydroxylation is 1.